The van der Waals surface area contributed by atoms with Gasteiger partial charge in [-0.1, -0.05) is 0 Å². The van der Waals surface area contributed by atoms with Crippen LogP contribution in [-0.2, 0) is 11.2 Å². The van der Waals surface area contributed by atoms with Crippen LogP contribution >= 0.6 is 11.3 Å². The molecule has 1 N–H and O–H groups in total. The van der Waals surface area contributed by atoms with E-state index >= 15 is 0 Å². The molecule has 1 aliphatic rings. The summed E-state index contributed by atoms with van der Waals surface area (Å²) < 4.78 is 5.32. The molecule has 2 aromatic heterocycles. The number of carboxylic acids is 1. The van der Waals surface area contributed by atoms with Gasteiger partial charge in [0, 0.05) is 44.0 Å². The third kappa shape index (κ3) is 3.49. The highest BCUT2D eigenvalue weighted by molar-refractivity contribution is 7.14. The lowest BCUT2D eigenvalue weighted by Crippen LogP contribution is -2.37. The molecule has 0 aromatic carbocycles. The molecule has 3 heterocycles. The molecule has 0 aliphatic carbocycles. The Labute approximate surface area is 132 Å². The molecule has 1 fully saturated rings. The van der Waals surface area contributed by atoms with Crippen molar-refractivity contribution in [2.24, 2.45) is 0 Å². The van der Waals surface area contributed by atoms with E-state index < -0.39 is 5.97 Å². The molecule has 3 rings (SSSR count). The molecule has 6 nitrogen and oxygen atoms in total. The second-order valence-corrected chi connectivity index (χ2v) is 6.12. The number of aromatic carboxylic acids is 1. The van der Waals surface area contributed by atoms with Crippen molar-refractivity contribution < 1.29 is 14.6 Å². The molecule has 22 heavy (non-hydrogen) atoms. The summed E-state index contributed by atoms with van der Waals surface area (Å²) in [4.78, 5) is 22.6. The van der Waals surface area contributed by atoms with E-state index in [9.17, 15) is 9.90 Å². The summed E-state index contributed by atoms with van der Waals surface area (Å²) >= 11 is 1.25. The van der Waals surface area contributed by atoms with Gasteiger partial charge in [-0.15, -0.1) is 11.3 Å². The largest absolute Gasteiger partial charge is 0.477 e. The van der Waals surface area contributed by atoms with Crippen LogP contribution in [-0.4, -0.2) is 58.8 Å². The van der Waals surface area contributed by atoms with Crippen molar-refractivity contribution in [3.8, 4) is 11.3 Å². The molecular weight excluding hydrogens is 302 g/mol. The van der Waals surface area contributed by atoms with Crippen LogP contribution in [0, 0.1) is 0 Å². The molecule has 0 radical (unpaired) electrons. The highest BCUT2D eigenvalue weighted by Crippen LogP contribution is 2.28. The predicted molar refractivity (Wildman–Crippen MR) is 83.3 cm³/mol. The maximum atomic E-state index is 11.4. The van der Waals surface area contributed by atoms with Gasteiger partial charge >= 0.3 is 5.97 Å². The number of hydrogen-bond donors (Lipinski definition) is 1. The zero-order valence-corrected chi connectivity index (χ0v) is 12.9. The number of ether oxygens (including phenoxy) is 1. The van der Waals surface area contributed by atoms with E-state index in [0.29, 0.717) is 5.69 Å². The number of morpholine rings is 1. The SMILES string of the molecule is O=C(O)c1sc(CCN2CCOCC2)nc1-c1cccnc1. The maximum absolute atomic E-state index is 11.4. The zero-order chi connectivity index (χ0) is 15.4. The fourth-order valence-electron chi connectivity index (χ4n) is 2.39. The van der Waals surface area contributed by atoms with Crippen molar-refractivity contribution >= 4 is 17.3 Å². The Morgan fingerprint density at radius 1 is 1.41 bits per heavy atom. The molecule has 0 saturated carbocycles. The van der Waals surface area contributed by atoms with Gasteiger partial charge in [0.05, 0.1) is 23.9 Å². The maximum Gasteiger partial charge on any atom is 0.348 e. The third-order valence-electron chi connectivity index (χ3n) is 3.55. The lowest BCUT2D eigenvalue weighted by atomic mass is 10.2. The standard InChI is InChI=1S/C15H17N3O3S/c19-15(20)14-13(11-2-1-4-16-10-11)17-12(22-14)3-5-18-6-8-21-9-7-18/h1-2,4,10H,3,5-9H2,(H,19,20). The minimum absolute atomic E-state index is 0.282. The summed E-state index contributed by atoms with van der Waals surface area (Å²) in [7, 11) is 0. The van der Waals surface area contributed by atoms with Crippen molar-refractivity contribution in [3.05, 3.63) is 34.4 Å². The average molecular weight is 319 g/mol. The molecule has 0 unspecified atom stereocenters. The van der Waals surface area contributed by atoms with E-state index in [1.165, 1.54) is 11.3 Å². The van der Waals surface area contributed by atoms with E-state index in [1.807, 2.05) is 6.07 Å². The summed E-state index contributed by atoms with van der Waals surface area (Å²) in [5.41, 5.74) is 1.26. The van der Waals surface area contributed by atoms with Crippen LogP contribution in [0.25, 0.3) is 11.3 Å². The molecule has 7 heteroatoms. The van der Waals surface area contributed by atoms with E-state index in [1.54, 1.807) is 18.5 Å². The van der Waals surface area contributed by atoms with Gasteiger partial charge in [0.25, 0.3) is 0 Å². The number of aromatic nitrogens is 2. The summed E-state index contributed by atoms with van der Waals surface area (Å²) in [6, 6.07) is 3.62. The summed E-state index contributed by atoms with van der Waals surface area (Å²) in [5.74, 6) is -0.936. The first kappa shape index (κ1) is 15.1. The number of nitrogens with zero attached hydrogens (tertiary/aromatic N) is 3. The number of pyridine rings is 1. The van der Waals surface area contributed by atoms with Gasteiger partial charge in [0.15, 0.2) is 0 Å². The van der Waals surface area contributed by atoms with Crippen LogP contribution in [0.5, 0.6) is 0 Å². The van der Waals surface area contributed by atoms with Crippen molar-refractivity contribution in [2.45, 2.75) is 6.42 Å². The number of carboxylic acid groups (broad SMARTS) is 1. The topological polar surface area (TPSA) is 75.5 Å². The monoisotopic (exact) mass is 319 g/mol. The normalized spacial score (nSPS) is 15.8. The smallest absolute Gasteiger partial charge is 0.348 e. The van der Waals surface area contributed by atoms with Gasteiger partial charge < -0.3 is 9.84 Å². The van der Waals surface area contributed by atoms with Crippen LogP contribution in [0.1, 0.15) is 14.7 Å². The molecule has 0 bridgehead atoms. The Morgan fingerprint density at radius 2 is 2.23 bits per heavy atom. The number of hydrogen-bond acceptors (Lipinski definition) is 6. The van der Waals surface area contributed by atoms with Crippen molar-refractivity contribution in [1.82, 2.24) is 14.9 Å². The van der Waals surface area contributed by atoms with Gasteiger partial charge in [-0.05, 0) is 12.1 Å². The highest BCUT2D eigenvalue weighted by atomic mass is 32.1. The number of thiazole rings is 1. The van der Waals surface area contributed by atoms with E-state index in [2.05, 4.69) is 14.9 Å². The second-order valence-electron chi connectivity index (χ2n) is 5.04. The molecular formula is C15H17N3O3S. The average Bonchev–Trinajstić information content (AvgIpc) is 2.99. The van der Waals surface area contributed by atoms with Crippen LogP contribution in [0.2, 0.25) is 0 Å². The van der Waals surface area contributed by atoms with Gasteiger partial charge in [0.2, 0.25) is 0 Å². The van der Waals surface area contributed by atoms with Gasteiger partial charge in [0.1, 0.15) is 4.88 Å². The van der Waals surface area contributed by atoms with Crippen molar-refractivity contribution in [1.29, 1.82) is 0 Å². The van der Waals surface area contributed by atoms with E-state index in [4.69, 9.17) is 4.74 Å². The van der Waals surface area contributed by atoms with E-state index in [-0.39, 0.29) is 4.88 Å². The molecule has 2 aromatic rings. The third-order valence-corrected chi connectivity index (χ3v) is 4.65. The molecule has 1 saturated heterocycles. The molecule has 0 atom stereocenters. The number of rotatable bonds is 5. The first-order valence-corrected chi connectivity index (χ1v) is 7.99. The lowest BCUT2D eigenvalue weighted by Gasteiger charge is -2.25. The zero-order valence-electron chi connectivity index (χ0n) is 12.1. The Morgan fingerprint density at radius 3 is 2.91 bits per heavy atom. The molecule has 0 spiro atoms. The quantitative estimate of drug-likeness (QED) is 0.905. The minimum Gasteiger partial charge on any atom is -0.477 e. The van der Waals surface area contributed by atoms with Crippen molar-refractivity contribution in [3.63, 3.8) is 0 Å². The predicted octanol–water partition coefficient (Wildman–Crippen LogP) is 1.78. The second kappa shape index (κ2) is 6.95. The summed E-state index contributed by atoms with van der Waals surface area (Å²) in [6.07, 6.45) is 4.06. The van der Waals surface area contributed by atoms with Crippen LogP contribution < -0.4 is 0 Å². The summed E-state index contributed by atoms with van der Waals surface area (Å²) in [6.45, 7) is 4.25. The Kier molecular flexibility index (Phi) is 4.77. The van der Waals surface area contributed by atoms with Crippen LogP contribution in [0.3, 0.4) is 0 Å². The highest BCUT2D eigenvalue weighted by Gasteiger charge is 2.19. The van der Waals surface area contributed by atoms with Gasteiger partial charge in [-0.2, -0.15) is 0 Å². The lowest BCUT2D eigenvalue weighted by molar-refractivity contribution is 0.0384. The van der Waals surface area contributed by atoms with Crippen LogP contribution in [0.15, 0.2) is 24.5 Å². The Bertz CT molecular complexity index is 639. The van der Waals surface area contributed by atoms with E-state index in [0.717, 1.165) is 49.8 Å². The van der Waals surface area contributed by atoms with Gasteiger partial charge in [-0.25, -0.2) is 9.78 Å². The van der Waals surface area contributed by atoms with Crippen molar-refractivity contribution in [2.75, 3.05) is 32.8 Å². The van der Waals surface area contributed by atoms with Gasteiger partial charge in [-0.3, -0.25) is 9.88 Å². The fraction of sp³-hybridized carbons (Fsp3) is 0.400. The molecule has 116 valence electrons. The Balaban J connectivity index is 1.76. The molecule has 1 aliphatic heterocycles. The first-order valence-electron chi connectivity index (χ1n) is 7.17. The first-order chi connectivity index (χ1) is 10.7. The summed E-state index contributed by atoms with van der Waals surface area (Å²) in [5, 5.41) is 10.2. The number of carbonyl (C=O) groups is 1. The molecule has 0 amide bonds. The Hall–Kier alpha value is -1.83. The fourth-order valence-corrected chi connectivity index (χ4v) is 3.31. The minimum atomic E-state index is -0.936. The van der Waals surface area contributed by atoms with Crippen LogP contribution in [0.4, 0.5) is 0 Å².